The Balaban J connectivity index is 2.27. The van der Waals surface area contributed by atoms with Gasteiger partial charge in [0.05, 0.1) is 5.39 Å². The predicted octanol–water partition coefficient (Wildman–Crippen LogP) is 2.73. The van der Waals surface area contributed by atoms with Gasteiger partial charge in [-0.05, 0) is 18.4 Å². The molecule has 0 aliphatic rings. The summed E-state index contributed by atoms with van der Waals surface area (Å²) in [5, 5.41) is 6.37. The van der Waals surface area contributed by atoms with Crippen molar-refractivity contribution in [2.75, 3.05) is 11.9 Å². The van der Waals surface area contributed by atoms with E-state index in [1.54, 1.807) is 17.7 Å². The smallest absolute Gasteiger partial charge is 0.138 e. The summed E-state index contributed by atoms with van der Waals surface area (Å²) in [6.45, 7) is 2.66. The number of alkyl halides is 1. The third-order valence-corrected chi connectivity index (χ3v) is 2.79. The van der Waals surface area contributed by atoms with Gasteiger partial charge in [-0.25, -0.2) is 9.97 Å². The summed E-state index contributed by atoms with van der Waals surface area (Å²) in [4.78, 5) is 9.34. The molecule has 1 unspecified atom stereocenters. The van der Waals surface area contributed by atoms with Crippen LogP contribution in [-0.4, -0.2) is 21.9 Å². The van der Waals surface area contributed by atoms with E-state index in [-0.39, 0.29) is 5.38 Å². The van der Waals surface area contributed by atoms with Gasteiger partial charge in [-0.1, -0.05) is 0 Å². The molecule has 0 fully saturated rings. The van der Waals surface area contributed by atoms with Gasteiger partial charge < -0.3 is 5.32 Å². The zero-order chi connectivity index (χ0) is 9.97. The summed E-state index contributed by atoms with van der Waals surface area (Å²) < 4.78 is 0. The van der Waals surface area contributed by atoms with Crippen LogP contribution in [0.15, 0.2) is 17.8 Å². The number of thiophene rings is 1. The summed E-state index contributed by atoms with van der Waals surface area (Å²) in [6.07, 6.45) is 1.57. The van der Waals surface area contributed by atoms with Gasteiger partial charge >= 0.3 is 0 Å². The fourth-order valence-electron chi connectivity index (χ4n) is 1.17. The molecule has 2 aromatic rings. The van der Waals surface area contributed by atoms with E-state index in [4.69, 9.17) is 11.6 Å². The van der Waals surface area contributed by atoms with Gasteiger partial charge in [0.2, 0.25) is 0 Å². The lowest BCUT2D eigenvalue weighted by Gasteiger charge is -2.06. The second kappa shape index (κ2) is 4.11. The summed E-state index contributed by atoms with van der Waals surface area (Å²) in [5.41, 5.74) is 0. The van der Waals surface area contributed by atoms with E-state index in [1.165, 1.54) is 0 Å². The van der Waals surface area contributed by atoms with Crippen molar-refractivity contribution in [2.45, 2.75) is 12.3 Å². The molecule has 2 aromatic heterocycles. The molecule has 5 heteroatoms. The van der Waals surface area contributed by atoms with Gasteiger partial charge in [-0.2, -0.15) is 0 Å². The quantitative estimate of drug-likeness (QED) is 0.820. The first kappa shape index (κ1) is 9.68. The van der Waals surface area contributed by atoms with Gasteiger partial charge in [0.1, 0.15) is 17.0 Å². The number of hydrogen-bond donors (Lipinski definition) is 1. The van der Waals surface area contributed by atoms with E-state index < -0.39 is 0 Å². The zero-order valence-corrected chi connectivity index (χ0v) is 9.27. The molecule has 1 atom stereocenters. The molecule has 0 aliphatic carbocycles. The first-order valence-electron chi connectivity index (χ1n) is 4.33. The molecule has 3 nitrogen and oxygen atoms in total. The van der Waals surface area contributed by atoms with E-state index in [9.17, 15) is 0 Å². The first-order chi connectivity index (χ1) is 6.77. The molecular weight excluding hydrogens is 218 g/mol. The maximum atomic E-state index is 5.85. The highest BCUT2D eigenvalue weighted by molar-refractivity contribution is 7.16. The van der Waals surface area contributed by atoms with E-state index >= 15 is 0 Å². The number of halogens is 1. The Morgan fingerprint density at radius 3 is 3.21 bits per heavy atom. The highest BCUT2D eigenvalue weighted by Gasteiger charge is 2.04. The van der Waals surface area contributed by atoms with Crippen LogP contribution < -0.4 is 5.32 Å². The van der Waals surface area contributed by atoms with Crippen molar-refractivity contribution in [3.05, 3.63) is 17.8 Å². The third kappa shape index (κ3) is 1.96. The molecule has 0 aliphatic heterocycles. The molecule has 0 bridgehead atoms. The van der Waals surface area contributed by atoms with Gasteiger partial charge in [0, 0.05) is 11.9 Å². The number of anilines is 1. The third-order valence-electron chi connectivity index (χ3n) is 1.81. The molecule has 0 saturated heterocycles. The monoisotopic (exact) mass is 227 g/mol. The number of rotatable bonds is 3. The number of nitrogens with one attached hydrogen (secondary N) is 1. The van der Waals surface area contributed by atoms with E-state index in [2.05, 4.69) is 15.3 Å². The van der Waals surface area contributed by atoms with Crippen LogP contribution in [0.3, 0.4) is 0 Å². The molecule has 14 heavy (non-hydrogen) atoms. The average molecular weight is 228 g/mol. The lowest BCUT2D eigenvalue weighted by Crippen LogP contribution is -2.11. The van der Waals surface area contributed by atoms with E-state index in [0.29, 0.717) is 6.54 Å². The van der Waals surface area contributed by atoms with Gasteiger partial charge in [0.15, 0.2) is 0 Å². The molecular formula is C9H10ClN3S. The largest absolute Gasteiger partial charge is 0.368 e. The molecule has 0 radical (unpaired) electrons. The molecule has 2 rings (SSSR count). The minimum Gasteiger partial charge on any atom is -0.368 e. The Bertz CT molecular complexity index is 427. The van der Waals surface area contributed by atoms with Crippen LogP contribution in [0.4, 0.5) is 5.82 Å². The van der Waals surface area contributed by atoms with Crippen molar-refractivity contribution in [1.29, 1.82) is 0 Å². The van der Waals surface area contributed by atoms with Crippen molar-refractivity contribution < 1.29 is 0 Å². The molecule has 0 aromatic carbocycles. The maximum Gasteiger partial charge on any atom is 0.138 e. The minimum atomic E-state index is 0.0960. The van der Waals surface area contributed by atoms with Crippen LogP contribution in [0.1, 0.15) is 6.92 Å². The van der Waals surface area contributed by atoms with Crippen molar-refractivity contribution in [2.24, 2.45) is 0 Å². The second-order valence-electron chi connectivity index (χ2n) is 3.02. The molecule has 0 spiro atoms. The fourth-order valence-corrected chi connectivity index (χ4v) is 1.98. The van der Waals surface area contributed by atoms with Crippen molar-refractivity contribution in [3.8, 4) is 0 Å². The second-order valence-corrected chi connectivity index (χ2v) is 4.66. The van der Waals surface area contributed by atoms with Crippen LogP contribution in [0, 0.1) is 0 Å². The van der Waals surface area contributed by atoms with Crippen molar-refractivity contribution >= 4 is 39.0 Å². The number of fused-ring (bicyclic) bond motifs is 1. The number of hydrogen-bond acceptors (Lipinski definition) is 4. The standard InChI is InChI=1S/C9H10ClN3S/c1-6(10)4-11-8-7-2-3-14-9(7)13-5-12-8/h2-3,5-6H,4H2,1H3,(H,11,12,13). The minimum absolute atomic E-state index is 0.0960. The van der Waals surface area contributed by atoms with E-state index in [0.717, 1.165) is 16.0 Å². The van der Waals surface area contributed by atoms with Crippen molar-refractivity contribution in [3.63, 3.8) is 0 Å². The average Bonchev–Trinajstić information content (AvgIpc) is 2.62. The highest BCUT2D eigenvalue weighted by Crippen LogP contribution is 2.23. The van der Waals surface area contributed by atoms with Crippen LogP contribution in [0.5, 0.6) is 0 Å². The Morgan fingerprint density at radius 2 is 2.43 bits per heavy atom. The normalized spacial score (nSPS) is 13.0. The molecule has 0 saturated carbocycles. The van der Waals surface area contributed by atoms with Crippen LogP contribution in [0.2, 0.25) is 0 Å². The highest BCUT2D eigenvalue weighted by atomic mass is 35.5. The van der Waals surface area contributed by atoms with Crippen LogP contribution in [-0.2, 0) is 0 Å². The lowest BCUT2D eigenvalue weighted by molar-refractivity contribution is 0.978. The van der Waals surface area contributed by atoms with Crippen LogP contribution >= 0.6 is 22.9 Å². The summed E-state index contributed by atoms with van der Waals surface area (Å²) in [5.74, 6) is 0.865. The zero-order valence-electron chi connectivity index (χ0n) is 7.70. The molecule has 74 valence electrons. The van der Waals surface area contributed by atoms with Gasteiger partial charge in [-0.15, -0.1) is 22.9 Å². The number of aromatic nitrogens is 2. The molecule has 0 amide bonds. The Morgan fingerprint density at radius 1 is 1.57 bits per heavy atom. The summed E-state index contributed by atoms with van der Waals surface area (Å²) in [7, 11) is 0. The molecule has 1 N–H and O–H groups in total. The lowest BCUT2D eigenvalue weighted by atomic mass is 10.3. The number of nitrogens with zero attached hydrogens (tertiary/aromatic N) is 2. The Kier molecular flexibility index (Phi) is 2.84. The first-order valence-corrected chi connectivity index (χ1v) is 5.65. The van der Waals surface area contributed by atoms with Crippen molar-refractivity contribution in [1.82, 2.24) is 9.97 Å². The summed E-state index contributed by atoms with van der Waals surface area (Å²) in [6, 6.07) is 2.02. The fraction of sp³-hybridized carbons (Fsp3) is 0.333. The van der Waals surface area contributed by atoms with Gasteiger partial charge in [0.25, 0.3) is 0 Å². The van der Waals surface area contributed by atoms with E-state index in [1.807, 2.05) is 18.4 Å². The topological polar surface area (TPSA) is 37.8 Å². The van der Waals surface area contributed by atoms with Crippen LogP contribution in [0.25, 0.3) is 10.2 Å². The Labute approximate surface area is 91.1 Å². The van der Waals surface area contributed by atoms with Gasteiger partial charge in [-0.3, -0.25) is 0 Å². The predicted molar refractivity (Wildman–Crippen MR) is 61.2 cm³/mol. The summed E-state index contributed by atoms with van der Waals surface area (Å²) >= 11 is 7.46. The Hall–Kier alpha value is -0.870. The SMILES string of the molecule is CC(Cl)CNc1ncnc2sccc12. The maximum absolute atomic E-state index is 5.85. The molecule has 2 heterocycles.